The van der Waals surface area contributed by atoms with Gasteiger partial charge in [0.25, 0.3) is 0 Å². The molecule has 2 aromatic carbocycles. The highest BCUT2D eigenvalue weighted by Crippen LogP contribution is 2.18. The van der Waals surface area contributed by atoms with E-state index >= 15 is 0 Å². The number of carbonyl (C=O) groups is 1. The fraction of sp³-hybridized carbons (Fsp3) is 0.0667. The van der Waals surface area contributed by atoms with E-state index in [1.54, 1.807) is 12.1 Å². The van der Waals surface area contributed by atoms with Crippen LogP contribution >= 0.6 is 22.6 Å². The van der Waals surface area contributed by atoms with Gasteiger partial charge in [-0.15, -0.1) is 0 Å². The smallest absolute Gasteiger partial charge is 0.168 e. The zero-order chi connectivity index (χ0) is 14.5. The summed E-state index contributed by atoms with van der Waals surface area (Å²) < 4.78 is 27.1. The number of ketones is 1. The van der Waals surface area contributed by atoms with Crippen molar-refractivity contribution in [3.63, 3.8) is 0 Å². The van der Waals surface area contributed by atoms with Crippen LogP contribution in [-0.4, -0.2) is 12.0 Å². The van der Waals surface area contributed by atoms with Gasteiger partial charge in [0, 0.05) is 27.8 Å². The summed E-state index contributed by atoms with van der Waals surface area (Å²) in [6.45, 7) is 0. The first kappa shape index (κ1) is 14.8. The van der Waals surface area contributed by atoms with Crippen LogP contribution in [0.5, 0.6) is 0 Å². The van der Waals surface area contributed by atoms with E-state index in [9.17, 15) is 13.6 Å². The van der Waals surface area contributed by atoms with E-state index in [2.05, 4.69) is 27.6 Å². The lowest BCUT2D eigenvalue weighted by Crippen LogP contribution is -1.99. The minimum atomic E-state index is -0.747. The van der Waals surface area contributed by atoms with Crippen LogP contribution in [0.3, 0.4) is 0 Å². The Kier molecular flexibility index (Phi) is 4.94. The third-order valence-electron chi connectivity index (χ3n) is 2.58. The number of Topliss-reactive ketones (excluding diaryl/α,β-unsaturated/α-hetero) is 1. The lowest BCUT2D eigenvalue weighted by atomic mass is 10.1. The van der Waals surface area contributed by atoms with Crippen molar-refractivity contribution in [3.8, 4) is 0 Å². The first-order valence-electron chi connectivity index (χ1n) is 5.82. The van der Waals surface area contributed by atoms with Crippen molar-refractivity contribution < 1.29 is 13.6 Å². The molecule has 2 nitrogen and oxygen atoms in total. The topological polar surface area (TPSA) is 29.4 Å². The van der Waals surface area contributed by atoms with Crippen molar-refractivity contribution in [2.45, 2.75) is 6.42 Å². The summed E-state index contributed by atoms with van der Waals surface area (Å²) in [6, 6.07) is 10.3. The summed E-state index contributed by atoms with van der Waals surface area (Å²) in [5.74, 6) is -1.51. The predicted molar refractivity (Wildman–Crippen MR) is 82.6 cm³/mol. The first-order valence-corrected chi connectivity index (χ1v) is 6.90. The molecule has 0 aliphatic carbocycles. The lowest BCUT2D eigenvalue weighted by molar-refractivity contribution is 0.100. The van der Waals surface area contributed by atoms with E-state index in [-0.39, 0.29) is 17.9 Å². The fourth-order valence-electron chi connectivity index (χ4n) is 1.57. The molecule has 2 rings (SSSR count). The zero-order valence-electron chi connectivity index (χ0n) is 10.3. The van der Waals surface area contributed by atoms with E-state index in [0.29, 0.717) is 5.56 Å². The molecule has 0 N–H and O–H groups in total. The number of rotatable bonds is 4. The molecular formula is C15H10F2INO. The van der Waals surface area contributed by atoms with Gasteiger partial charge in [0.1, 0.15) is 5.82 Å². The first-order chi connectivity index (χ1) is 9.56. The van der Waals surface area contributed by atoms with Gasteiger partial charge in [0.15, 0.2) is 11.6 Å². The van der Waals surface area contributed by atoms with Crippen molar-refractivity contribution >= 4 is 40.3 Å². The molecule has 2 aromatic rings. The van der Waals surface area contributed by atoms with E-state index in [0.717, 1.165) is 15.7 Å². The number of aliphatic imine (C=N–C) groups is 1. The van der Waals surface area contributed by atoms with Crippen LogP contribution in [0.1, 0.15) is 16.8 Å². The third kappa shape index (κ3) is 3.93. The van der Waals surface area contributed by atoms with Crippen molar-refractivity contribution in [2.75, 3.05) is 0 Å². The number of nitrogens with zero attached hydrogens (tertiary/aromatic N) is 1. The van der Waals surface area contributed by atoms with Gasteiger partial charge < -0.3 is 0 Å². The van der Waals surface area contributed by atoms with Crippen LogP contribution < -0.4 is 0 Å². The second kappa shape index (κ2) is 6.69. The Bertz CT molecular complexity index is 653. The van der Waals surface area contributed by atoms with Gasteiger partial charge in [-0.1, -0.05) is 12.1 Å². The predicted octanol–water partition coefficient (Wildman–Crippen LogP) is 4.54. The molecule has 0 fully saturated rings. The molecule has 0 atom stereocenters. The maximum atomic E-state index is 13.3. The van der Waals surface area contributed by atoms with E-state index in [4.69, 9.17) is 0 Å². The molecule has 0 unspecified atom stereocenters. The fourth-order valence-corrected chi connectivity index (χ4v) is 1.93. The highest BCUT2D eigenvalue weighted by Gasteiger charge is 2.04. The number of hydrogen-bond acceptors (Lipinski definition) is 2. The Balaban J connectivity index is 2.02. The summed E-state index contributed by atoms with van der Waals surface area (Å²) in [5.41, 5.74) is 0.596. The molecule has 0 radical (unpaired) electrons. The molecule has 0 aromatic heterocycles. The molecule has 0 bridgehead atoms. The molecule has 0 amide bonds. The Morgan fingerprint density at radius 3 is 2.50 bits per heavy atom. The molecule has 20 heavy (non-hydrogen) atoms. The van der Waals surface area contributed by atoms with E-state index in [1.807, 2.05) is 12.1 Å². The SMILES string of the molecule is O=C(CC=Nc1ccc(F)cc1F)c1ccc(I)cc1. The summed E-state index contributed by atoms with van der Waals surface area (Å²) in [4.78, 5) is 15.7. The van der Waals surface area contributed by atoms with Crippen LogP contribution in [0.4, 0.5) is 14.5 Å². The number of benzene rings is 2. The van der Waals surface area contributed by atoms with Crippen molar-refractivity contribution in [1.82, 2.24) is 0 Å². The molecule has 0 spiro atoms. The van der Waals surface area contributed by atoms with Crippen molar-refractivity contribution in [2.24, 2.45) is 4.99 Å². The van der Waals surface area contributed by atoms with Crippen LogP contribution in [0.15, 0.2) is 47.5 Å². The third-order valence-corrected chi connectivity index (χ3v) is 3.30. The average molecular weight is 385 g/mol. The highest BCUT2D eigenvalue weighted by atomic mass is 127. The van der Waals surface area contributed by atoms with Crippen LogP contribution in [0.25, 0.3) is 0 Å². The summed E-state index contributed by atoms with van der Waals surface area (Å²) in [5, 5.41) is 0. The molecule has 0 saturated carbocycles. The number of carbonyl (C=O) groups excluding carboxylic acids is 1. The molecule has 102 valence electrons. The van der Waals surface area contributed by atoms with Crippen LogP contribution in [-0.2, 0) is 0 Å². The van der Waals surface area contributed by atoms with Gasteiger partial charge >= 0.3 is 0 Å². The van der Waals surface area contributed by atoms with Crippen molar-refractivity contribution in [3.05, 3.63) is 63.2 Å². The number of hydrogen-bond donors (Lipinski definition) is 0. The molecule has 0 heterocycles. The van der Waals surface area contributed by atoms with Crippen LogP contribution in [0.2, 0.25) is 0 Å². The van der Waals surface area contributed by atoms with Crippen LogP contribution in [0, 0.1) is 15.2 Å². The molecule has 5 heteroatoms. The monoisotopic (exact) mass is 385 g/mol. The summed E-state index contributed by atoms with van der Waals surface area (Å²) in [6.07, 6.45) is 1.40. The van der Waals surface area contributed by atoms with Gasteiger partial charge in [-0.05, 0) is 46.9 Å². The van der Waals surface area contributed by atoms with Crippen molar-refractivity contribution in [1.29, 1.82) is 0 Å². The van der Waals surface area contributed by atoms with Gasteiger partial charge in [0.2, 0.25) is 0 Å². The molecule has 0 aliphatic heterocycles. The van der Waals surface area contributed by atoms with Gasteiger partial charge in [0.05, 0.1) is 5.69 Å². The minimum absolute atomic E-state index is 0.0156. The van der Waals surface area contributed by atoms with E-state index in [1.165, 1.54) is 12.3 Å². The quantitative estimate of drug-likeness (QED) is 0.432. The molecule has 0 saturated heterocycles. The van der Waals surface area contributed by atoms with Gasteiger partial charge in [-0.2, -0.15) is 0 Å². The lowest BCUT2D eigenvalue weighted by Gasteiger charge is -1.98. The molecular weight excluding hydrogens is 375 g/mol. The second-order valence-electron chi connectivity index (χ2n) is 4.04. The summed E-state index contributed by atoms with van der Waals surface area (Å²) in [7, 11) is 0. The molecule has 0 aliphatic rings. The maximum absolute atomic E-state index is 13.3. The minimum Gasteiger partial charge on any atom is -0.294 e. The second-order valence-corrected chi connectivity index (χ2v) is 5.29. The standard InChI is InChI=1S/C15H10F2INO/c16-11-3-6-14(13(17)9-11)19-8-7-15(20)10-1-4-12(18)5-2-10/h1-6,8-9H,7H2. The normalized spacial score (nSPS) is 10.9. The zero-order valence-corrected chi connectivity index (χ0v) is 12.5. The Morgan fingerprint density at radius 2 is 1.85 bits per heavy atom. The summed E-state index contributed by atoms with van der Waals surface area (Å²) >= 11 is 2.15. The Hall–Kier alpha value is -1.63. The Labute approximate surface area is 128 Å². The highest BCUT2D eigenvalue weighted by molar-refractivity contribution is 14.1. The van der Waals surface area contributed by atoms with E-state index < -0.39 is 11.6 Å². The Morgan fingerprint density at radius 1 is 1.15 bits per heavy atom. The van der Waals surface area contributed by atoms with Gasteiger partial charge in [-0.25, -0.2) is 8.78 Å². The maximum Gasteiger partial charge on any atom is 0.168 e. The van der Waals surface area contributed by atoms with Gasteiger partial charge in [-0.3, -0.25) is 9.79 Å². The average Bonchev–Trinajstić information content (AvgIpc) is 2.42. The largest absolute Gasteiger partial charge is 0.294 e. The number of halogens is 3.